The Morgan fingerprint density at radius 1 is 0.923 bits per heavy atom. The predicted octanol–water partition coefficient (Wildman–Crippen LogP) is 4.87. The van der Waals surface area contributed by atoms with Gasteiger partial charge >= 0.3 is 0 Å². The molecule has 0 fully saturated rings. The maximum absolute atomic E-state index is 12.3. The van der Waals surface area contributed by atoms with Crippen LogP contribution >= 0.6 is 11.3 Å². The number of nitrogens with one attached hydrogen (secondary N) is 1. The Labute approximate surface area is 152 Å². The van der Waals surface area contributed by atoms with Crippen molar-refractivity contribution in [3.05, 3.63) is 82.6 Å². The molecule has 1 N–H and O–H groups in total. The molecule has 0 bridgehead atoms. The van der Waals surface area contributed by atoms with Gasteiger partial charge in [0.25, 0.3) is 0 Å². The summed E-state index contributed by atoms with van der Waals surface area (Å²) in [4.78, 5) is 24.6. The monoisotopic (exact) mass is 355 g/mol. The second-order valence-electron chi connectivity index (χ2n) is 6.02. The number of nitrogens with zero attached hydrogens (tertiary/aromatic N) is 2. The molecule has 2 aromatic carbocycles. The van der Waals surface area contributed by atoms with E-state index in [2.05, 4.69) is 28.2 Å². The van der Waals surface area contributed by atoms with Crippen LogP contribution in [0.1, 0.15) is 0 Å². The summed E-state index contributed by atoms with van der Waals surface area (Å²) in [5.41, 5.74) is 7.12. The number of rotatable bonds is 2. The molecule has 3 aromatic heterocycles. The second kappa shape index (κ2) is 5.89. The van der Waals surface area contributed by atoms with Gasteiger partial charge in [-0.3, -0.25) is 4.79 Å². The third-order valence-electron chi connectivity index (χ3n) is 4.43. The number of hydrogen-bond acceptors (Lipinski definition) is 4. The molecule has 124 valence electrons. The number of aromatic nitrogens is 3. The maximum Gasteiger partial charge on any atom is 0.191 e. The first-order valence-corrected chi connectivity index (χ1v) is 9.09. The highest BCUT2D eigenvalue weighted by atomic mass is 32.1. The van der Waals surface area contributed by atoms with Gasteiger partial charge in [-0.05, 0) is 23.8 Å². The highest BCUT2D eigenvalue weighted by Gasteiger charge is 2.13. The van der Waals surface area contributed by atoms with E-state index in [0.717, 1.165) is 32.6 Å². The summed E-state index contributed by atoms with van der Waals surface area (Å²) in [6.07, 6.45) is 1.63. The fourth-order valence-corrected chi connectivity index (χ4v) is 3.82. The van der Waals surface area contributed by atoms with Crippen LogP contribution < -0.4 is 5.43 Å². The molecule has 0 spiro atoms. The lowest BCUT2D eigenvalue weighted by molar-refractivity contribution is 1.28. The number of fused-ring (bicyclic) bond motifs is 2. The minimum Gasteiger partial charge on any atom is -0.346 e. The smallest absolute Gasteiger partial charge is 0.191 e. The van der Waals surface area contributed by atoms with Gasteiger partial charge in [-0.2, -0.15) is 0 Å². The van der Waals surface area contributed by atoms with Gasteiger partial charge in [0, 0.05) is 23.4 Å². The van der Waals surface area contributed by atoms with Gasteiger partial charge in [-0.1, -0.05) is 36.4 Å². The maximum atomic E-state index is 12.3. The summed E-state index contributed by atoms with van der Waals surface area (Å²) >= 11 is 1.62. The molecule has 0 atom stereocenters. The lowest BCUT2D eigenvalue weighted by atomic mass is 9.98. The molecule has 0 amide bonds. The molecule has 0 unspecified atom stereocenters. The summed E-state index contributed by atoms with van der Waals surface area (Å²) in [6, 6.07) is 19.6. The standard InChI is InChI=1S/C21H13N3OS/c25-18-8-9-22-21-16(18)11-15(20(24-21)13-4-2-1-3-5-13)14-6-7-19-17(10-14)23-12-26-19/h1-12H,(H,22,24,25). The van der Waals surface area contributed by atoms with Crippen molar-refractivity contribution in [3.8, 4) is 22.4 Å². The summed E-state index contributed by atoms with van der Waals surface area (Å²) < 4.78 is 1.14. The minimum atomic E-state index is -0.0400. The van der Waals surface area contributed by atoms with Gasteiger partial charge in [0.1, 0.15) is 5.65 Å². The number of benzene rings is 2. The third-order valence-corrected chi connectivity index (χ3v) is 5.24. The van der Waals surface area contributed by atoms with Crippen LogP contribution in [0.15, 0.2) is 77.2 Å². The molecule has 3 heterocycles. The average Bonchev–Trinajstić information content (AvgIpc) is 3.16. The highest BCUT2D eigenvalue weighted by molar-refractivity contribution is 7.16. The first-order chi connectivity index (χ1) is 12.8. The SMILES string of the molecule is O=c1cc[nH]c2nc(-c3ccccc3)c(-c3ccc4scnc4c3)cc12. The molecule has 4 nitrogen and oxygen atoms in total. The van der Waals surface area contributed by atoms with E-state index >= 15 is 0 Å². The Morgan fingerprint density at radius 2 is 1.81 bits per heavy atom. The molecule has 0 radical (unpaired) electrons. The number of thiazole rings is 1. The summed E-state index contributed by atoms with van der Waals surface area (Å²) in [7, 11) is 0. The Morgan fingerprint density at radius 3 is 2.69 bits per heavy atom. The van der Waals surface area contributed by atoms with E-state index in [0.29, 0.717) is 11.0 Å². The van der Waals surface area contributed by atoms with Crippen molar-refractivity contribution in [1.82, 2.24) is 15.0 Å². The molecule has 5 aromatic rings. The van der Waals surface area contributed by atoms with E-state index < -0.39 is 0 Å². The van der Waals surface area contributed by atoms with Crippen LogP contribution in [0.4, 0.5) is 0 Å². The van der Waals surface area contributed by atoms with Gasteiger partial charge in [0.2, 0.25) is 0 Å². The Kier molecular flexibility index (Phi) is 3.40. The quantitative estimate of drug-likeness (QED) is 0.492. The molecule has 5 rings (SSSR count). The topological polar surface area (TPSA) is 58.6 Å². The van der Waals surface area contributed by atoms with Crippen LogP contribution in [0.2, 0.25) is 0 Å². The highest BCUT2D eigenvalue weighted by Crippen LogP contribution is 2.34. The van der Waals surface area contributed by atoms with E-state index in [1.807, 2.05) is 41.9 Å². The number of pyridine rings is 2. The number of aromatic amines is 1. The first kappa shape index (κ1) is 15.0. The Balaban J connectivity index is 1.86. The van der Waals surface area contributed by atoms with E-state index in [9.17, 15) is 4.79 Å². The molecule has 0 saturated heterocycles. The fraction of sp³-hybridized carbons (Fsp3) is 0. The van der Waals surface area contributed by atoms with Crippen LogP contribution in [0, 0.1) is 0 Å². The third kappa shape index (κ3) is 2.41. The van der Waals surface area contributed by atoms with Crippen LogP contribution in [0.25, 0.3) is 43.6 Å². The van der Waals surface area contributed by atoms with Crippen molar-refractivity contribution >= 4 is 32.6 Å². The average molecular weight is 355 g/mol. The lowest BCUT2D eigenvalue weighted by Crippen LogP contribution is -2.03. The summed E-state index contributed by atoms with van der Waals surface area (Å²) in [5.74, 6) is 0. The predicted molar refractivity (Wildman–Crippen MR) is 106 cm³/mol. The van der Waals surface area contributed by atoms with Crippen LogP contribution in [0.3, 0.4) is 0 Å². The van der Waals surface area contributed by atoms with Crippen LogP contribution in [0.5, 0.6) is 0 Å². The zero-order valence-electron chi connectivity index (χ0n) is 13.6. The first-order valence-electron chi connectivity index (χ1n) is 8.21. The van der Waals surface area contributed by atoms with Crippen molar-refractivity contribution in [3.63, 3.8) is 0 Å². The largest absolute Gasteiger partial charge is 0.346 e. The zero-order chi connectivity index (χ0) is 17.5. The Hall–Kier alpha value is -3.31. The fourth-order valence-electron chi connectivity index (χ4n) is 3.16. The molecule has 0 aliphatic rings. The van der Waals surface area contributed by atoms with Crippen molar-refractivity contribution in [2.24, 2.45) is 0 Å². The van der Waals surface area contributed by atoms with E-state index in [4.69, 9.17) is 4.98 Å². The molecule has 0 aliphatic heterocycles. The molecule has 0 saturated carbocycles. The van der Waals surface area contributed by atoms with E-state index in [1.54, 1.807) is 17.5 Å². The summed E-state index contributed by atoms with van der Waals surface area (Å²) in [5, 5.41) is 0.584. The molecular weight excluding hydrogens is 342 g/mol. The second-order valence-corrected chi connectivity index (χ2v) is 6.91. The normalized spacial score (nSPS) is 11.2. The zero-order valence-corrected chi connectivity index (χ0v) is 14.5. The number of H-pyrrole nitrogens is 1. The summed E-state index contributed by atoms with van der Waals surface area (Å²) in [6.45, 7) is 0. The van der Waals surface area contributed by atoms with Crippen molar-refractivity contribution in [2.75, 3.05) is 0 Å². The van der Waals surface area contributed by atoms with Crippen molar-refractivity contribution in [1.29, 1.82) is 0 Å². The van der Waals surface area contributed by atoms with Gasteiger partial charge in [0.05, 0.1) is 26.8 Å². The van der Waals surface area contributed by atoms with Gasteiger partial charge in [0.15, 0.2) is 5.43 Å². The molecular formula is C21H13N3OS. The Bertz CT molecular complexity index is 1310. The van der Waals surface area contributed by atoms with Gasteiger partial charge in [-0.15, -0.1) is 11.3 Å². The molecule has 0 aliphatic carbocycles. The number of hydrogen-bond donors (Lipinski definition) is 1. The minimum absolute atomic E-state index is 0.0400. The van der Waals surface area contributed by atoms with Crippen molar-refractivity contribution in [2.45, 2.75) is 0 Å². The molecule has 5 heteroatoms. The van der Waals surface area contributed by atoms with E-state index in [1.165, 1.54) is 6.07 Å². The van der Waals surface area contributed by atoms with Gasteiger partial charge < -0.3 is 4.98 Å². The van der Waals surface area contributed by atoms with E-state index in [-0.39, 0.29) is 5.43 Å². The van der Waals surface area contributed by atoms with Gasteiger partial charge in [-0.25, -0.2) is 9.97 Å². The van der Waals surface area contributed by atoms with Crippen molar-refractivity contribution < 1.29 is 0 Å². The lowest BCUT2D eigenvalue weighted by Gasteiger charge is -2.11. The van der Waals surface area contributed by atoms with Crippen LogP contribution in [-0.2, 0) is 0 Å². The van der Waals surface area contributed by atoms with Crippen LogP contribution in [-0.4, -0.2) is 15.0 Å². The molecule has 26 heavy (non-hydrogen) atoms.